The standard InChI is InChI=1S/C15H14N4O5/c1-2-7-16-15(23)17-11(20)8-24-14(22)12-9-5-3-4-6-10(9)13(21)19-18-12/h2-6H,1,7-8H2,(H,19,21)(H2,16,17,20,23). The fraction of sp³-hybridized carbons (Fsp3) is 0.133. The third-order valence-electron chi connectivity index (χ3n) is 2.88. The van der Waals surface area contributed by atoms with Crippen LogP contribution in [0.5, 0.6) is 0 Å². The molecule has 0 spiro atoms. The highest BCUT2D eigenvalue weighted by Crippen LogP contribution is 2.13. The molecule has 3 amide bonds. The zero-order valence-corrected chi connectivity index (χ0v) is 12.5. The second-order valence-corrected chi connectivity index (χ2v) is 4.57. The van der Waals surface area contributed by atoms with Crippen molar-refractivity contribution in [2.45, 2.75) is 0 Å². The van der Waals surface area contributed by atoms with Crippen LogP contribution in [0.1, 0.15) is 10.5 Å². The predicted octanol–water partition coefficient (Wildman–Crippen LogP) is 0.0917. The number of carbonyl (C=O) groups is 3. The Balaban J connectivity index is 2.02. The minimum absolute atomic E-state index is 0.130. The fourth-order valence-electron chi connectivity index (χ4n) is 1.84. The molecule has 3 N–H and O–H groups in total. The Labute approximate surface area is 135 Å². The van der Waals surface area contributed by atoms with Crippen LogP contribution >= 0.6 is 0 Å². The molecule has 0 radical (unpaired) electrons. The van der Waals surface area contributed by atoms with E-state index in [-0.39, 0.29) is 17.6 Å². The van der Waals surface area contributed by atoms with Crippen molar-refractivity contribution in [2.24, 2.45) is 0 Å². The van der Waals surface area contributed by atoms with Gasteiger partial charge in [-0.1, -0.05) is 24.3 Å². The van der Waals surface area contributed by atoms with E-state index in [1.807, 2.05) is 5.32 Å². The summed E-state index contributed by atoms with van der Waals surface area (Å²) in [7, 11) is 0. The molecule has 24 heavy (non-hydrogen) atoms. The normalized spacial score (nSPS) is 10.0. The number of nitrogens with zero attached hydrogens (tertiary/aromatic N) is 1. The number of fused-ring (bicyclic) bond motifs is 1. The van der Waals surface area contributed by atoms with E-state index < -0.39 is 30.1 Å². The predicted molar refractivity (Wildman–Crippen MR) is 84.4 cm³/mol. The average molecular weight is 330 g/mol. The zero-order valence-electron chi connectivity index (χ0n) is 12.5. The maximum absolute atomic E-state index is 12.0. The Hall–Kier alpha value is -3.49. The number of benzene rings is 1. The van der Waals surface area contributed by atoms with Gasteiger partial charge in [-0.3, -0.25) is 14.9 Å². The van der Waals surface area contributed by atoms with E-state index in [0.29, 0.717) is 5.39 Å². The quantitative estimate of drug-likeness (QED) is 0.526. The molecule has 1 aromatic carbocycles. The molecule has 1 heterocycles. The summed E-state index contributed by atoms with van der Waals surface area (Å²) in [5.74, 6) is -1.71. The SMILES string of the molecule is C=CCNC(=O)NC(=O)COC(=O)c1n[nH]c(=O)c2ccccc12. The van der Waals surface area contributed by atoms with Crippen LogP contribution in [0.15, 0.2) is 41.7 Å². The number of nitrogens with one attached hydrogen (secondary N) is 3. The second-order valence-electron chi connectivity index (χ2n) is 4.57. The van der Waals surface area contributed by atoms with Gasteiger partial charge < -0.3 is 10.1 Å². The Kier molecular flexibility index (Phi) is 5.40. The van der Waals surface area contributed by atoms with E-state index in [2.05, 4.69) is 22.1 Å². The molecule has 0 aliphatic carbocycles. The largest absolute Gasteiger partial charge is 0.451 e. The van der Waals surface area contributed by atoms with E-state index in [0.717, 1.165) is 0 Å². The second kappa shape index (κ2) is 7.68. The molecule has 1 aromatic heterocycles. The molecule has 0 aliphatic rings. The summed E-state index contributed by atoms with van der Waals surface area (Å²) in [6, 6.07) is 5.61. The highest BCUT2D eigenvalue weighted by atomic mass is 16.5. The number of aromatic amines is 1. The van der Waals surface area contributed by atoms with Gasteiger partial charge in [0, 0.05) is 11.9 Å². The van der Waals surface area contributed by atoms with Crippen molar-refractivity contribution in [2.75, 3.05) is 13.2 Å². The van der Waals surface area contributed by atoms with Gasteiger partial charge in [0.05, 0.1) is 5.39 Å². The molecule has 0 fully saturated rings. The summed E-state index contributed by atoms with van der Waals surface area (Å²) in [6.07, 6.45) is 1.44. The van der Waals surface area contributed by atoms with Gasteiger partial charge in [-0.15, -0.1) is 6.58 Å². The van der Waals surface area contributed by atoms with E-state index in [1.165, 1.54) is 18.2 Å². The smallest absolute Gasteiger partial charge is 0.359 e. The molecule has 0 unspecified atom stereocenters. The van der Waals surface area contributed by atoms with Crippen molar-refractivity contribution >= 4 is 28.7 Å². The monoisotopic (exact) mass is 330 g/mol. The lowest BCUT2D eigenvalue weighted by Gasteiger charge is -2.07. The Bertz CT molecular complexity index is 858. The lowest BCUT2D eigenvalue weighted by Crippen LogP contribution is -2.41. The third kappa shape index (κ3) is 4.03. The van der Waals surface area contributed by atoms with Crippen LogP contribution in [0, 0.1) is 0 Å². The van der Waals surface area contributed by atoms with Crippen LogP contribution in [0.3, 0.4) is 0 Å². The van der Waals surface area contributed by atoms with Crippen molar-refractivity contribution in [3.8, 4) is 0 Å². The number of rotatable bonds is 5. The summed E-state index contributed by atoms with van der Waals surface area (Å²) < 4.78 is 4.81. The number of ether oxygens (including phenoxy) is 1. The number of urea groups is 1. The highest BCUT2D eigenvalue weighted by molar-refractivity contribution is 6.03. The average Bonchev–Trinajstić information content (AvgIpc) is 2.58. The third-order valence-corrected chi connectivity index (χ3v) is 2.88. The van der Waals surface area contributed by atoms with Crippen LogP contribution in [0.2, 0.25) is 0 Å². The van der Waals surface area contributed by atoms with Crippen LogP contribution in [0.25, 0.3) is 10.8 Å². The molecule has 0 atom stereocenters. The first kappa shape index (κ1) is 16.9. The molecule has 9 heteroatoms. The summed E-state index contributed by atoms with van der Waals surface area (Å²) in [6.45, 7) is 2.92. The van der Waals surface area contributed by atoms with Crippen molar-refractivity contribution in [1.29, 1.82) is 0 Å². The molecule has 0 saturated heterocycles. The minimum Gasteiger partial charge on any atom is -0.451 e. The van der Waals surface area contributed by atoms with Crippen molar-refractivity contribution in [3.63, 3.8) is 0 Å². The molecule has 0 aliphatic heterocycles. The molecule has 2 rings (SSSR count). The number of aromatic nitrogens is 2. The maximum atomic E-state index is 12.0. The van der Waals surface area contributed by atoms with Crippen LogP contribution in [-0.2, 0) is 9.53 Å². The van der Waals surface area contributed by atoms with Gasteiger partial charge in [0.25, 0.3) is 11.5 Å². The van der Waals surface area contributed by atoms with Crippen LogP contribution in [0.4, 0.5) is 4.79 Å². The van der Waals surface area contributed by atoms with Crippen molar-refractivity contribution < 1.29 is 19.1 Å². The number of esters is 1. The summed E-state index contributed by atoms with van der Waals surface area (Å²) in [5, 5.41) is 10.7. The first-order valence-corrected chi connectivity index (χ1v) is 6.86. The first-order valence-electron chi connectivity index (χ1n) is 6.86. The van der Waals surface area contributed by atoms with Gasteiger partial charge in [-0.05, 0) is 6.07 Å². The van der Waals surface area contributed by atoms with Crippen LogP contribution < -0.4 is 16.2 Å². The number of carbonyl (C=O) groups excluding carboxylic acids is 3. The van der Waals surface area contributed by atoms with Gasteiger partial charge >= 0.3 is 12.0 Å². The number of hydrogen-bond acceptors (Lipinski definition) is 6. The maximum Gasteiger partial charge on any atom is 0.359 e. The van der Waals surface area contributed by atoms with Gasteiger partial charge in [0.1, 0.15) is 0 Å². The van der Waals surface area contributed by atoms with E-state index in [1.54, 1.807) is 12.1 Å². The Morgan fingerprint density at radius 1 is 1.25 bits per heavy atom. The Morgan fingerprint density at radius 2 is 1.96 bits per heavy atom. The molecule has 124 valence electrons. The van der Waals surface area contributed by atoms with Gasteiger partial charge in [0.15, 0.2) is 12.3 Å². The number of imide groups is 1. The van der Waals surface area contributed by atoms with E-state index >= 15 is 0 Å². The molecule has 0 bridgehead atoms. The van der Waals surface area contributed by atoms with Gasteiger partial charge in [-0.2, -0.15) is 5.10 Å². The lowest BCUT2D eigenvalue weighted by molar-refractivity contribution is -0.123. The topological polar surface area (TPSA) is 130 Å². The first-order chi connectivity index (χ1) is 11.5. The van der Waals surface area contributed by atoms with E-state index in [9.17, 15) is 19.2 Å². The summed E-state index contributed by atoms with van der Waals surface area (Å²) in [5.41, 5.74) is -0.576. The van der Waals surface area contributed by atoms with Crippen LogP contribution in [-0.4, -0.2) is 41.3 Å². The van der Waals surface area contributed by atoms with Crippen molar-refractivity contribution in [3.05, 3.63) is 53.0 Å². The summed E-state index contributed by atoms with van der Waals surface area (Å²) >= 11 is 0. The van der Waals surface area contributed by atoms with Crippen molar-refractivity contribution in [1.82, 2.24) is 20.8 Å². The molecule has 9 nitrogen and oxygen atoms in total. The number of hydrogen-bond donors (Lipinski definition) is 3. The number of H-pyrrole nitrogens is 1. The zero-order chi connectivity index (χ0) is 17.5. The molecule has 0 saturated carbocycles. The van der Waals surface area contributed by atoms with Gasteiger partial charge in [0.2, 0.25) is 0 Å². The minimum atomic E-state index is -0.899. The number of amides is 3. The fourth-order valence-corrected chi connectivity index (χ4v) is 1.84. The molecule has 2 aromatic rings. The van der Waals surface area contributed by atoms with E-state index in [4.69, 9.17) is 4.74 Å². The molecular weight excluding hydrogens is 316 g/mol. The highest BCUT2D eigenvalue weighted by Gasteiger charge is 2.17. The molecular formula is C15H14N4O5. The summed E-state index contributed by atoms with van der Waals surface area (Å²) in [4.78, 5) is 46.4. The lowest BCUT2D eigenvalue weighted by atomic mass is 10.1. The van der Waals surface area contributed by atoms with Gasteiger partial charge in [-0.25, -0.2) is 14.7 Å². The Morgan fingerprint density at radius 3 is 2.67 bits per heavy atom.